The Balaban J connectivity index is 2.72. The Morgan fingerprint density at radius 1 is 1.37 bits per heavy atom. The molecule has 0 aliphatic carbocycles. The molecular weight excluding hydrogens is 304 g/mol. The van der Waals surface area contributed by atoms with Crippen LogP contribution in [0.4, 0.5) is 0 Å². The van der Waals surface area contributed by atoms with Crippen molar-refractivity contribution in [2.75, 3.05) is 20.6 Å². The lowest BCUT2D eigenvalue weighted by Gasteiger charge is -2.28. The summed E-state index contributed by atoms with van der Waals surface area (Å²) in [6, 6.07) is 6.11. The Morgan fingerprint density at radius 3 is 2.53 bits per heavy atom. The highest BCUT2D eigenvalue weighted by Crippen LogP contribution is 2.16. The van der Waals surface area contributed by atoms with E-state index in [9.17, 15) is 4.79 Å². The monoisotopic (exact) mass is 326 g/mol. The molecule has 1 aromatic carbocycles. The second-order valence-corrected chi connectivity index (χ2v) is 6.36. The summed E-state index contributed by atoms with van der Waals surface area (Å²) in [5.74, 6) is 0.491. The molecule has 1 atom stereocenters. The van der Waals surface area contributed by atoms with Crippen molar-refractivity contribution >= 4 is 21.8 Å². The van der Waals surface area contributed by atoms with Crippen molar-refractivity contribution in [2.45, 2.75) is 26.8 Å². The quantitative estimate of drug-likeness (QED) is 0.901. The van der Waals surface area contributed by atoms with Crippen LogP contribution in [-0.2, 0) is 0 Å². The number of likely N-dealkylation sites (N-methyl/N-ethyl adjacent to an activating group) is 1. The molecule has 0 heterocycles. The van der Waals surface area contributed by atoms with E-state index in [2.05, 4.69) is 40.0 Å². The number of rotatable bonds is 5. The van der Waals surface area contributed by atoms with Gasteiger partial charge in [0.1, 0.15) is 0 Å². The van der Waals surface area contributed by atoms with E-state index >= 15 is 0 Å². The van der Waals surface area contributed by atoms with Gasteiger partial charge in [0.15, 0.2) is 0 Å². The molecule has 1 unspecified atom stereocenters. The maximum absolute atomic E-state index is 12.2. The van der Waals surface area contributed by atoms with Crippen molar-refractivity contribution in [3.63, 3.8) is 0 Å². The minimum absolute atomic E-state index is 0.00806. The minimum Gasteiger partial charge on any atom is -0.350 e. The summed E-state index contributed by atoms with van der Waals surface area (Å²) in [5, 5.41) is 3.03. The molecule has 1 rings (SSSR count). The summed E-state index contributed by atoms with van der Waals surface area (Å²) in [5.41, 5.74) is 1.72. The summed E-state index contributed by atoms with van der Waals surface area (Å²) in [7, 11) is 4.09. The zero-order chi connectivity index (χ0) is 14.6. The predicted molar refractivity (Wildman–Crippen MR) is 83.5 cm³/mol. The fraction of sp³-hybridized carbons (Fsp3) is 0.533. The smallest absolute Gasteiger partial charge is 0.251 e. The van der Waals surface area contributed by atoms with Gasteiger partial charge in [-0.3, -0.25) is 4.79 Å². The summed E-state index contributed by atoms with van der Waals surface area (Å²) in [6.07, 6.45) is 0. The molecule has 3 nitrogen and oxygen atoms in total. The number of carbonyl (C=O) groups excluding carboxylic acids is 1. The van der Waals surface area contributed by atoms with Gasteiger partial charge in [0.2, 0.25) is 0 Å². The Bertz CT molecular complexity index is 436. The van der Waals surface area contributed by atoms with E-state index in [0.717, 1.165) is 15.6 Å². The number of aryl methyl sites for hydroxylation is 1. The lowest BCUT2D eigenvalue weighted by molar-refractivity contribution is 0.0934. The van der Waals surface area contributed by atoms with Crippen LogP contribution in [0.2, 0.25) is 0 Å². The third-order valence-corrected chi connectivity index (χ3v) is 3.84. The molecule has 0 radical (unpaired) electrons. The summed E-state index contributed by atoms with van der Waals surface area (Å²) in [4.78, 5) is 14.4. The second-order valence-electron chi connectivity index (χ2n) is 5.44. The third kappa shape index (κ3) is 4.62. The van der Waals surface area contributed by atoms with Gasteiger partial charge in [-0.05, 0) is 44.6 Å². The molecule has 1 aromatic rings. The van der Waals surface area contributed by atoms with Crippen LogP contribution in [0.5, 0.6) is 0 Å². The average molecular weight is 327 g/mol. The van der Waals surface area contributed by atoms with Gasteiger partial charge in [0.25, 0.3) is 5.91 Å². The maximum Gasteiger partial charge on any atom is 0.251 e. The fourth-order valence-electron chi connectivity index (χ4n) is 2.15. The SMILES string of the molecule is Cc1ccc(Br)cc1C(=O)NCC(C(C)C)N(C)C. The second kappa shape index (κ2) is 7.06. The van der Waals surface area contributed by atoms with Crippen molar-refractivity contribution in [3.8, 4) is 0 Å². The number of benzene rings is 1. The summed E-state index contributed by atoms with van der Waals surface area (Å²) >= 11 is 3.40. The molecule has 19 heavy (non-hydrogen) atoms. The van der Waals surface area contributed by atoms with Crippen LogP contribution in [0.15, 0.2) is 22.7 Å². The number of amides is 1. The molecule has 4 heteroatoms. The van der Waals surface area contributed by atoms with Crippen LogP contribution in [0.1, 0.15) is 29.8 Å². The van der Waals surface area contributed by atoms with E-state index < -0.39 is 0 Å². The minimum atomic E-state index is -0.00806. The molecule has 0 saturated carbocycles. The van der Waals surface area contributed by atoms with Gasteiger partial charge in [-0.15, -0.1) is 0 Å². The standard InChI is InChI=1S/C15H23BrN2O/c1-10(2)14(18(4)5)9-17-15(19)13-8-12(16)7-6-11(13)3/h6-8,10,14H,9H2,1-5H3,(H,17,19). The van der Waals surface area contributed by atoms with Gasteiger partial charge in [-0.2, -0.15) is 0 Å². The Labute approximate surface area is 124 Å². The van der Waals surface area contributed by atoms with Crippen LogP contribution >= 0.6 is 15.9 Å². The van der Waals surface area contributed by atoms with E-state index in [4.69, 9.17) is 0 Å². The molecule has 0 spiro atoms. The van der Waals surface area contributed by atoms with E-state index in [1.54, 1.807) is 0 Å². The first-order chi connectivity index (χ1) is 8.82. The number of nitrogens with one attached hydrogen (secondary N) is 1. The van der Waals surface area contributed by atoms with Gasteiger partial charge in [0, 0.05) is 22.6 Å². The molecular formula is C15H23BrN2O. The maximum atomic E-state index is 12.2. The van der Waals surface area contributed by atoms with Crippen LogP contribution in [0.3, 0.4) is 0 Å². The first kappa shape index (κ1) is 16.2. The summed E-state index contributed by atoms with van der Waals surface area (Å²) < 4.78 is 0.927. The number of halogens is 1. The average Bonchev–Trinajstić information content (AvgIpc) is 2.31. The molecule has 0 fully saturated rings. The van der Waals surface area contributed by atoms with Crippen LogP contribution in [-0.4, -0.2) is 37.5 Å². The fourth-order valence-corrected chi connectivity index (χ4v) is 2.51. The normalized spacial score (nSPS) is 12.8. The van der Waals surface area contributed by atoms with Gasteiger partial charge >= 0.3 is 0 Å². The lowest BCUT2D eigenvalue weighted by Crippen LogP contribution is -2.43. The van der Waals surface area contributed by atoms with Gasteiger partial charge in [-0.25, -0.2) is 0 Å². The van der Waals surface area contributed by atoms with Gasteiger partial charge in [0.05, 0.1) is 0 Å². The van der Waals surface area contributed by atoms with Crippen molar-refractivity contribution in [1.82, 2.24) is 10.2 Å². The lowest BCUT2D eigenvalue weighted by atomic mass is 10.0. The first-order valence-electron chi connectivity index (χ1n) is 6.53. The number of carbonyl (C=O) groups is 1. The molecule has 0 aliphatic rings. The molecule has 0 aliphatic heterocycles. The number of nitrogens with zero attached hydrogens (tertiary/aromatic N) is 1. The van der Waals surface area contributed by atoms with Crippen LogP contribution in [0, 0.1) is 12.8 Å². The largest absolute Gasteiger partial charge is 0.350 e. The molecule has 0 aromatic heterocycles. The van der Waals surface area contributed by atoms with Crippen LogP contribution < -0.4 is 5.32 Å². The van der Waals surface area contributed by atoms with Crippen molar-refractivity contribution in [3.05, 3.63) is 33.8 Å². The summed E-state index contributed by atoms with van der Waals surface area (Å²) in [6.45, 7) is 6.95. The van der Waals surface area contributed by atoms with Crippen molar-refractivity contribution < 1.29 is 4.79 Å². The van der Waals surface area contributed by atoms with E-state index in [-0.39, 0.29) is 5.91 Å². The van der Waals surface area contributed by atoms with Gasteiger partial charge in [-0.1, -0.05) is 35.8 Å². The Kier molecular flexibility index (Phi) is 6.01. The molecule has 1 amide bonds. The first-order valence-corrected chi connectivity index (χ1v) is 7.33. The zero-order valence-corrected chi connectivity index (χ0v) is 13.9. The van der Waals surface area contributed by atoms with Crippen LogP contribution in [0.25, 0.3) is 0 Å². The van der Waals surface area contributed by atoms with E-state index in [0.29, 0.717) is 18.5 Å². The van der Waals surface area contributed by atoms with E-state index in [1.807, 2.05) is 39.2 Å². The number of hydrogen-bond donors (Lipinski definition) is 1. The highest BCUT2D eigenvalue weighted by molar-refractivity contribution is 9.10. The molecule has 0 bridgehead atoms. The molecule has 106 valence electrons. The number of hydrogen-bond acceptors (Lipinski definition) is 2. The topological polar surface area (TPSA) is 32.3 Å². The predicted octanol–water partition coefficient (Wildman–Crippen LogP) is 3.07. The third-order valence-electron chi connectivity index (χ3n) is 3.35. The Hall–Kier alpha value is -0.870. The van der Waals surface area contributed by atoms with Crippen molar-refractivity contribution in [2.24, 2.45) is 5.92 Å². The Morgan fingerprint density at radius 2 is 2.00 bits per heavy atom. The van der Waals surface area contributed by atoms with Crippen molar-refractivity contribution in [1.29, 1.82) is 0 Å². The highest BCUT2D eigenvalue weighted by atomic mass is 79.9. The van der Waals surface area contributed by atoms with E-state index in [1.165, 1.54) is 0 Å². The van der Waals surface area contributed by atoms with Gasteiger partial charge < -0.3 is 10.2 Å². The molecule has 1 N–H and O–H groups in total. The zero-order valence-electron chi connectivity index (χ0n) is 12.3. The molecule has 0 saturated heterocycles. The highest BCUT2D eigenvalue weighted by Gasteiger charge is 2.17.